The summed E-state index contributed by atoms with van der Waals surface area (Å²) in [6.45, 7) is 0.299. The molecule has 0 N–H and O–H groups in total. The van der Waals surface area contributed by atoms with Crippen molar-refractivity contribution in [1.82, 2.24) is 9.21 Å². The average molecular weight is 404 g/mol. The Bertz CT molecular complexity index is 768. The van der Waals surface area contributed by atoms with E-state index in [1.807, 2.05) is 0 Å². The predicted molar refractivity (Wildman–Crippen MR) is 93.3 cm³/mol. The van der Waals surface area contributed by atoms with E-state index in [-0.39, 0.29) is 30.3 Å². The van der Waals surface area contributed by atoms with Crippen molar-refractivity contribution in [2.45, 2.75) is 36.8 Å². The lowest BCUT2D eigenvalue weighted by molar-refractivity contribution is -0.188. The van der Waals surface area contributed by atoms with Crippen molar-refractivity contribution in [3.63, 3.8) is 0 Å². The smallest absolute Gasteiger partial charge is 0.342 e. The van der Waals surface area contributed by atoms with Gasteiger partial charge in [0.25, 0.3) is 0 Å². The van der Waals surface area contributed by atoms with E-state index in [1.165, 1.54) is 21.3 Å². The van der Waals surface area contributed by atoms with Crippen molar-refractivity contribution >= 4 is 15.9 Å². The first-order valence-corrected chi connectivity index (χ1v) is 10.5. The summed E-state index contributed by atoms with van der Waals surface area (Å²) < 4.78 is 65.8. The summed E-state index contributed by atoms with van der Waals surface area (Å²) >= 11 is 0. The minimum Gasteiger partial charge on any atom is -0.342 e. The average Bonchev–Trinajstić information content (AvgIpc) is 2.67. The molecule has 1 amide bonds. The number of alkyl halides is 3. The number of sulfonamides is 1. The van der Waals surface area contributed by atoms with E-state index >= 15 is 0 Å². The second kappa shape index (κ2) is 7.79. The fraction of sp³-hybridized carbons (Fsp3) is 0.611. The molecule has 2 heterocycles. The van der Waals surface area contributed by atoms with Crippen LogP contribution in [0.2, 0.25) is 0 Å². The molecule has 150 valence electrons. The van der Waals surface area contributed by atoms with Gasteiger partial charge in [-0.05, 0) is 37.8 Å². The number of piperidine rings is 2. The van der Waals surface area contributed by atoms with Gasteiger partial charge in [-0.15, -0.1) is 0 Å². The van der Waals surface area contributed by atoms with Crippen LogP contribution >= 0.6 is 0 Å². The summed E-state index contributed by atoms with van der Waals surface area (Å²) in [6.07, 6.45) is -2.96. The molecule has 1 aromatic rings. The maximum atomic E-state index is 13.0. The zero-order chi connectivity index (χ0) is 19.7. The fourth-order valence-corrected chi connectivity index (χ4v) is 5.35. The minimum absolute atomic E-state index is 0.0171. The van der Waals surface area contributed by atoms with Crippen LogP contribution in [0.3, 0.4) is 0 Å². The van der Waals surface area contributed by atoms with Crippen molar-refractivity contribution < 1.29 is 26.4 Å². The monoisotopic (exact) mass is 404 g/mol. The molecular formula is C18H23F3N2O3S. The summed E-state index contributed by atoms with van der Waals surface area (Å²) in [5.41, 5.74) is 0. The van der Waals surface area contributed by atoms with E-state index in [9.17, 15) is 26.4 Å². The van der Waals surface area contributed by atoms with E-state index in [4.69, 9.17) is 0 Å². The summed E-state index contributed by atoms with van der Waals surface area (Å²) in [5.74, 6) is -2.45. The molecule has 0 spiro atoms. The van der Waals surface area contributed by atoms with E-state index in [0.717, 1.165) is 0 Å². The lowest BCUT2D eigenvalue weighted by Gasteiger charge is -2.38. The number of hydrogen-bond donors (Lipinski definition) is 0. The lowest BCUT2D eigenvalue weighted by atomic mass is 9.93. The Kier molecular flexibility index (Phi) is 5.81. The SMILES string of the molecule is O=C([C@@H]1CCCN(S(=O)(=O)c2ccccc2)C1)N1CCC[C@H](C(F)(F)F)C1. The fourth-order valence-electron chi connectivity index (χ4n) is 3.81. The van der Waals surface area contributed by atoms with Gasteiger partial charge in [-0.25, -0.2) is 8.42 Å². The normalized spacial score (nSPS) is 25.4. The maximum absolute atomic E-state index is 13.0. The van der Waals surface area contributed by atoms with Gasteiger partial charge >= 0.3 is 6.18 Å². The highest BCUT2D eigenvalue weighted by Gasteiger charge is 2.44. The van der Waals surface area contributed by atoms with Crippen LogP contribution in [0, 0.1) is 11.8 Å². The lowest BCUT2D eigenvalue weighted by Crippen LogP contribution is -2.50. The maximum Gasteiger partial charge on any atom is 0.393 e. The van der Waals surface area contributed by atoms with E-state index in [0.29, 0.717) is 32.4 Å². The van der Waals surface area contributed by atoms with Gasteiger partial charge in [-0.1, -0.05) is 18.2 Å². The molecule has 0 saturated carbocycles. The molecule has 3 rings (SSSR count). The summed E-state index contributed by atoms with van der Waals surface area (Å²) in [5, 5.41) is 0. The van der Waals surface area contributed by atoms with Crippen LogP contribution in [-0.4, -0.2) is 55.9 Å². The number of carbonyl (C=O) groups is 1. The minimum atomic E-state index is -4.31. The molecule has 2 aliphatic rings. The molecule has 2 saturated heterocycles. The topological polar surface area (TPSA) is 57.7 Å². The Balaban J connectivity index is 1.70. The van der Waals surface area contributed by atoms with Gasteiger partial charge < -0.3 is 4.90 Å². The molecule has 0 unspecified atom stereocenters. The van der Waals surface area contributed by atoms with Gasteiger partial charge in [-0.3, -0.25) is 4.79 Å². The largest absolute Gasteiger partial charge is 0.393 e. The van der Waals surface area contributed by atoms with Crippen molar-refractivity contribution in [1.29, 1.82) is 0 Å². The van der Waals surface area contributed by atoms with Crippen molar-refractivity contribution in [2.24, 2.45) is 11.8 Å². The Morgan fingerprint density at radius 3 is 2.33 bits per heavy atom. The Labute approximate surface area is 157 Å². The Morgan fingerprint density at radius 1 is 1.00 bits per heavy atom. The van der Waals surface area contributed by atoms with Crippen molar-refractivity contribution in [2.75, 3.05) is 26.2 Å². The van der Waals surface area contributed by atoms with Crippen LogP contribution in [0.25, 0.3) is 0 Å². The Morgan fingerprint density at radius 2 is 1.67 bits per heavy atom. The third-order valence-electron chi connectivity index (χ3n) is 5.31. The van der Waals surface area contributed by atoms with Gasteiger partial charge in [0, 0.05) is 26.2 Å². The van der Waals surface area contributed by atoms with Crippen molar-refractivity contribution in [3.05, 3.63) is 30.3 Å². The molecular weight excluding hydrogens is 381 g/mol. The number of nitrogens with zero attached hydrogens (tertiary/aromatic N) is 2. The third kappa shape index (κ3) is 4.45. The molecule has 27 heavy (non-hydrogen) atoms. The zero-order valence-corrected chi connectivity index (χ0v) is 15.7. The van der Waals surface area contributed by atoms with Crippen molar-refractivity contribution in [3.8, 4) is 0 Å². The van der Waals surface area contributed by atoms with Gasteiger partial charge in [0.1, 0.15) is 0 Å². The molecule has 9 heteroatoms. The molecule has 2 fully saturated rings. The number of carbonyl (C=O) groups excluding carboxylic acids is 1. The van der Waals surface area contributed by atoms with Crippen LogP contribution in [0.4, 0.5) is 13.2 Å². The van der Waals surface area contributed by atoms with Crippen LogP contribution in [0.15, 0.2) is 35.2 Å². The second-order valence-electron chi connectivity index (χ2n) is 7.18. The molecule has 0 aromatic heterocycles. The van der Waals surface area contributed by atoms with Crippen LogP contribution in [-0.2, 0) is 14.8 Å². The molecule has 2 aliphatic heterocycles. The third-order valence-corrected chi connectivity index (χ3v) is 7.19. The first kappa shape index (κ1) is 20.1. The zero-order valence-electron chi connectivity index (χ0n) is 14.9. The highest BCUT2D eigenvalue weighted by atomic mass is 32.2. The first-order chi connectivity index (χ1) is 12.7. The van der Waals surface area contributed by atoms with Gasteiger partial charge in [0.05, 0.1) is 16.7 Å². The standard InChI is InChI=1S/C18H23F3N2O3S/c19-18(20,21)15-7-5-10-22(13-15)17(24)14-6-4-11-23(12-14)27(25,26)16-8-2-1-3-9-16/h1-3,8-9,14-15H,4-7,10-13H2/t14-,15+/m1/s1. The number of likely N-dealkylation sites (tertiary alicyclic amines) is 1. The van der Waals surface area contributed by atoms with E-state index in [2.05, 4.69) is 0 Å². The van der Waals surface area contributed by atoms with Gasteiger partial charge in [-0.2, -0.15) is 17.5 Å². The predicted octanol–water partition coefficient (Wildman–Crippen LogP) is 2.89. The van der Waals surface area contributed by atoms with E-state index < -0.39 is 28.0 Å². The second-order valence-corrected chi connectivity index (χ2v) is 9.12. The molecule has 0 radical (unpaired) electrons. The molecule has 0 aliphatic carbocycles. The number of benzene rings is 1. The van der Waals surface area contributed by atoms with Gasteiger partial charge in [0.15, 0.2) is 0 Å². The highest BCUT2D eigenvalue weighted by molar-refractivity contribution is 7.89. The number of amides is 1. The van der Waals surface area contributed by atoms with Crippen LogP contribution in [0.1, 0.15) is 25.7 Å². The molecule has 2 atom stereocenters. The van der Waals surface area contributed by atoms with E-state index in [1.54, 1.807) is 18.2 Å². The first-order valence-electron chi connectivity index (χ1n) is 9.10. The van der Waals surface area contributed by atoms with Crippen LogP contribution < -0.4 is 0 Å². The Hall–Kier alpha value is -1.61. The summed E-state index contributed by atoms with van der Waals surface area (Å²) in [6, 6.07) is 7.97. The number of halogens is 3. The molecule has 5 nitrogen and oxygen atoms in total. The van der Waals surface area contributed by atoms with Gasteiger partial charge in [0.2, 0.25) is 15.9 Å². The quantitative estimate of drug-likeness (QED) is 0.779. The number of hydrogen-bond acceptors (Lipinski definition) is 3. The number of rotatable bonds is 3. The molecule has 0 bridgehead atoms. The summed E-state index contributed by atoms with van der Waals surface area (Å²) in [7, 11) is -3.71. The van der Waals surface area contributed by atoms with Crippen LogP contribution in [0.5, 0.6) is 0 Å². The summed E-state index contributed by atoms with van der Waals surface area (Å²) in [4.78, 5) is 14.2. The highest BCUT2D eigenvalue weighted by Crippen LogP contribution is 2.34. The molecule has 1 aromatic carbocycles.